The van der Waals surface area contributed by atoms with Crippen LogP contribution in [0.1, 0.15) is 68.5 Å². The molecule has 2 atom stereocenters. The molecule has 2 heterocycles. The molecule has 5 nitrogen and oxygen atoms in total. The van der Waals surface area contributed by atoms with E-state index >= 15 is 0 Å². The van der Waals surface area contributed by atoms with Gasteiger partial charge in [0.05, 0.1) is 4.88 Å². The maximum Gasteiger partial charge on any atom is 0.264 e. The Morgan fingerprint density at radius 2 is 1.88 bits per heavy atom. The normalized spacial score (nSPS) is 27.1. The van der Waals surface area contributed by atoms with Crippen molar-refractivity contribution in [3.8, 4) is 0 Å². The number of thiophene rings is 1. The van der Waals surface area contributed by atoms with Gasteiger partial charge in [0.1, 0.15) is 0 Å². The highest BCUT2D eigenvalue weighted by molar-refractivity contribution is 7.12. The third kappa shape index (κ3) is 4.86. The van der Waals surface area contributed by atoms with E-state index in [2.05, 4.69) is 34.6 Å². The molecule has 0 spiro atoms. The Labute approximate surface area is 209 Å². The molecule has 0 aromatic carbocycles. The van der Waals surface area contributed by atoms with Crippen LogP contribution in [0, 0.1) is 23.2 Å². The fourth-order valence-corrected chi connectivity index (χ4v) is 7.44. The first-order valence-electron chi connectivity index (χ1n) is 13.5. The Bertz CT molecular complexity index is 895. The number of rotatable bonds is 7. The van der Waals surface area contributed by atoms with Crippen LogP contribution in [0.25, 0.3) is 0 Å². The highest BCUT2D eigenvalue weighted by atomic mass is 32.1. The minimum Gasteiger partial charge on any atom is -0.340 e. The molecule has 1 saturated heterocycles. The molecule has 3 fully saturated rings. The van der Waals surface area contributed by atoms with Crippen molar-refractivity contribution >= 4 is 23.2 Å². The second-order valence-electron chi connectivity index (χ2n) is 11.5. The summed E-state index contributed by atoms with van der Waals surface area (Å²) in [6.07, 6.45) is 10.7. The predicted octanol–water partition coefficient (Wildman–Crippen LogP) is 4.91. The smallest absolute Gasteiger partial charge is 0.264 e. The second kappa shape index (κ2) is 10.1. The fourth-order valence-electron chi connectivity index (χ4n) is 6.75. The highest BCUT2D eigenvalue weighted by Gasteiger charge is 2.51. The van der Waals surface area contributed by atoms with E-state index in [0.717, 1.165) is 75.9 Å². The lowest BCUT2D eigenvalue weighted by Gasteiger charge is -2.57. The number of piperazine rings is 1. The van der Waals surface area contributed by atoms with Crippen LogP contribution in [-0.4, -0.2) is 72.3 Å². The third-order valence-corrected chi connectivity index (χ3v) is 10.2. The summed E-state index contributed by atoms with van der Waals surface area (Å²) in [5.41, 5.74) is 1.85. The van der Waals surface area contributed by atoms with Crippen LogP contribution in [0.15, 0.2) is 29.2 Å². The molecule has 2 amide bonds. The minimum absolute atomic E-state index is 0.168. The van der Waals surface area contributed by atoms with E-state index in [1.807, 2.05) is 17.5 Å². The largest absolute Gasteiger partial charge is 0.340 e. The Kier molecular flexibility index (Phi) is 7.17. The van der Waals surface area contributed by atoms with Crippen molar-refractivity contribution in [3.63, 3.8) is 0 Å². The van der Waals surface area contributed by atoms with Crippen LogP contribution in [0.3, 0.4) is 0 Å². The number of carbonyl (C=O) groups is 2. The van der Waals surface area contributed by atoms with E-state index in [1.165, 1.54) is 31.3 Å². The first-order chi connectivity index (χ1) is 16.4. The molecule has 1 aromatic heterocycles. The summed E-state index contributed by atoms with van der Waals surface area (Å²) < 4.78 is 0. The number of allylic oxidation sites excluding steroid dienone is 1. The lowest BCUT2D eigenvalue weighted by molar-refractivity contribution is -0.138. The molecule has 186 valence electrons. The molecule has 5 aliphatic rings. The number of amides is 2. The lowest BCUT2D eigenvalue weighted by atomic mass is 9.49. The van der Waals surface area contributed by atoms with Crippen LogP contribution >= 0.6 is 11.3 Å². The van der Waals surface area contributed by atoms with Gasteiger partial charge in [0.2, 0.25) is 5.91 Å². The predicted molar refractivity (Wildman–Crippen MR) is 138 cm³/mol. The van der Waals surface area contributed by atoms with Crippen molar-refractivity contribution in [2.45, 2.75) is 58.8 Å². The zero-order valence-electron chi connectivity index (χ0n) is 21.0. The molecule has 1 aliphatic heterocycles. The van der Waals surface area contributed by atoms with Gasteiger partial charge >= 0.3 is 0 Å². The van der Waals surface area contributed by atoms with Crippen molar-refractivity contribution in [2.75, 3.05) is 45.8 Å². The fraction of sp³-hybridized carbons (Fsp3) is 0.714. The van der Waals surface area contributed by atoms with E-state index < -0.39 is 0 Å². The molecule has 0 N–H and O–H groups in total. The average Bonchev–Trinajstić information content (AvgIpc) is 3.41. The van der Waals surface area contributed by atoms with Crippen LogP contribution in [0.2, 0.25) is 0 Å². The topological polar surface area (TPSA) is 43.9 Å². The van der Waals surface area contributed by atoms with Gasteiger partial charge in [0, 0.05) is 51.7 Å². The highest BCUT2D eigenvalue weighted by Crippen LogP contribution is 2.59. The van der Waals surface area contributed by atoms with E-state index in [1.54, 1.807) is 11.3 Å². The van der Waals surface area contributed by atoms with Gasteiger partial charge in [-0.1, -0.05) is 50.8 Å². The Morgan fingerprint density at radius 3 is 2.53 bits per heavy atom. The molecule has 0 radical (unpaired) electrons. The summed E-state index contributed by atoms with van der Waals surface area (Å²) in [5, 5.41) is 1.99. The van der Waals surface area contributed by atoms with Crippen LogP contribution in [0.4, 0.5) is 0 Å². The number of hydrogen-bond donors (Lipinski definition) is 0. The van der Waals surface area contributed by atoms with Crippen molar-refractivity contribution < 1.29 is 9.59 Å². The molecular formula is C28H41N3O2S. The maximum atomic E-state index is 13.4. The van der Waals surface area contributed by atoms with Crippen molar-refractivity contribution in [3.05, 3.63) is 34.0 Å². The third-order valence-electron chi connectivity index (χ3n) is 9.30. The van der Waals surface area contributed by atoms with Crippen molar-refractivity contribution in [1.82, 2.24) is 14.7 Å². The zero-order valence-corrected chi connectivity index (χ0v) is 21.8. The first kappa shape index (κ1) is 24.1. The molecule has 1 aromatic rings. The quantitative estimate of drug-likeness (QED) is 0.518. The van der Waals surface area contributed by atoms with Crippen molar-refractivity contribution in [2.24, 2.45) is 23.2 Å². The van der Waals surface area contributed by atoms with E-state index in [0.29, 0.717) is 17.2 Å². The van der Waals surface area contributed by atoms with Crippen LogP contribution in [-0.2, 0) is 4.79 Å². The van der Waals surface area contributed by atoms with E-state index in [4.69, 9.17) is 0 Å². The van der Waals surface area contributed by atoms with Gasteiger partial charge < -0.3 is 9.80 Å². The SMILES string of the molecule is CC1(C)C2CC=C(CN(CCN3CCN(C(=O)C4CCCCC4)CC3)C(=O)c3cccs3)C1C2. The number of fused-ring (bicyclic) bond motifs is 1. The summed E-state index contributed by atoms with van der Waals surface area (Å²) in [4.78, 5) is 33.8. The average molecular weight is 484 g/mol. The van der Waals surface area contributed by atoms with Gasteiger partial charge in [0.15, 0.2) is 0 Å². The molecule has 34 heavy (non-hydrogen) atoms. The van der Waals surface area contributed by atoms with Crippen molar-refractivity contribution in [1.29, 1.82) is 0 Å². The molecule has 6 rings (SSSR count). The first-order valence-corrected chi connectivity index (χ1v) is 14.3. The summed E-state index contributed by atoms with van der Waals surface area (Å²) in [5.74, 6) is 2.26. The van der Waals surface area contributed by atoms with E-state index in [9.17, 15) is 9.59 Å². The number of hydrogen-bond acceptors (Lipinski definition) is 4. The maximum absolute atomic E-state index is 13.4. The lowest BCUT2D eigenvalue weighted by Crippen LogP contribution is -2.53. The second-order valence-corrected chi connectivity index (χ2v) is 12.5. The zero-order chi connectivity index (χ0) is 23.7. The number of nitrogens with zero attached hydrogens (tertiary/aromatic N) is 3. The van der Waals surface area contributed by atoms with E-state index in [-0.39, 0.29) is 11.8 Å². The van der Waals surface area contributed by atoms with Gasteiger partial charge in [-0.2, -0.15) is 0 Å². The molecule has 2 unspecified atom stereocenters. The summed E-state index contributed by atoms with van der Waals surface area (Å²) in [7, 11) is 0. The van der Waals surface area contributed by atoms with Gasteiger partial charge in [-0.3, -0.25) is 14.5 Å². The van der Waals surface area contributed by atoms with Gasteiger partial charge in [0.25, 0.3) is 5.91 Å². The molecule has 2 bridgehead atoms. The van der Waals surface area contributed by atoms with Gasteiger partial charge in [-0.05, 0) is 54.4 Å². The molecular weight excluding hydrogens is 442 g/mol. The monoisotopic (exact) mass is 483 g/mol. The molecule has 2 saturated carbocycles. The van der Waals surface area contributed by atoms with Gasteiger partial charge in [-0.15, -0.1) is 11.3 Å². The van der Waals surface area contributed by atoms with Crippen LogP contribution in [0.5, 0.6) is 0 Å². The summed E-state index contributed by atoms with van der Waals surface area (Å²) in [6, 6.07) is 3.92. The summed E-state index contributed by atoms with van der Waals surface area (Å²) >= 11 is 1.54. The van der Waals surface area contributed by atoms with Gasteiger partial charge in [-0.25, -0.2) is 0 Å². The Morgan fingerprint density at radius 1 is 1.12 bits per heavy atom. The standard InChI is InChI=1S/C28H41N3O2S/c1-28(2)23-11-10-22(24(28)19-23)20-31(27(33)25-9-6-18-34-25)17-14-29-12-15-30(16-13-29)26(32)21-7-4-3-5-8-21/h6,9-10,18,21,23-24H,3-5,7-8,11-17,19-20H2,1-2H3. The van der Waals surface area contributed by atoms with Crippen LogP contribution < -0.4 is 0 Å². The minimum atomic E-state index is 0.168. The summed E-state index contributed by atoms with van der Waals surface area (Å²) in [6.45, 7) is 10.7. The Balaban J connectivity index is 1.17. The molecule has 6 heteroatoms. The number of carbonyl (C=O) groups excluding carboxylic acids is 2. The Hall–Kier alpha value is -1.66. The molecule has 4 aliphatic carbocycles.